The molecule has 0 saturated carbocycles. The van der Waals surface area contributed by atoms with Crippen molar-refractivity contribution < 1.29 is 4.79 Å². The summed E-state index contributed by atoms with van der Waals surface area (Å²) < 4.78 is 0. The Hall–Kier alpha value is -2.43. The molecule has 0 radical (unpaired) electrons. The van der Waals surface area contributed by atoms with Crippen LogP contribution in [0.4, 0.5) is 0 Å². The van der Waals surface area contributed by atoms with E-state index in [0.717, 1.165) is 24.2 Å². The zero-order valence-electron chi connectivity index (χ0n) is 10.5. The molecule has 98 valence electrons. The highest BCUT2D eigenvalue weighted by Gasteiger charge is 1.97. The van der Waals surface area contributed by atoms with Crippen LogP contribution in [0.5, 0.6) is 0 Å². The highest BCUT2D eigenvalue weighted by Crippen LogP contribution is 1.98. The molecular weight excluding hydrogens is 240 g/mol. The summed E-state index contributed by atoms with van der Waals surface area (Å²) in [6.07, 6.45) is 11.9. The van der Waals surface area contributed by atoms with Gasteiger partial charge in [-0.15, -0.1) is 0 Å². The maximum absolute atomic E-state index is 11.5. The van der Waals surface area contributed by atoms with Gasteiger partial charge in [-0.3, -0.25) is 9.78 Å². The summed E-state index contributed by atoms with van der Waals surface area (Å²) in [5, 5.41) is 2.83. The van der Waals surface area contributed by atoms with E-state index < -0.39 is 0 Å². The summed E-state index contributed by atoms with van der Waals surface area (Å²) >= 11 is 0. The molecule has 2 aromatic heterocycles. The van der Waals surface area contributed by atoms with Crippen LogP contribution in [-0.2, 0) is 11.2 Å². The van der Waals surface area contributed by atoms with Crippen LogP contribution in [0.15, 0.2) is 43.0 Å². The molecule has 2 N–H and O–H groups in total. The molecule has 0 spiro atoms. The minimum absolute atomic E-state index is 0.0942. The number of pyridine rings is 1. The van der Waals surface area contributed by atoms with Crippen molar-refractivity contribution in [2.75, 3.05) is 6.54 Å². The SMILES string of the molecule is O=C(/C=C/c1cccnc1)NCCCc1ncc[nH]1. The molecular formula is C14H16N4O. The first-order valence-electron chi connectivity index (χ1n) is 6.19. The van der Waals surface area contributed by atoms with Crippen LogP contribution in [-0.4, -0.2) is 27.4 Å². The largest absolute Gasteiger partial charge is 0.353 e. The van der Waals surface area contributed by atoms with Crippen molar-refractivity contribution in [3.05, 3.63) is 54.4 Å². The van der Waals surface area contributed by atoms with Crippen molar-refractivity contribution in [3.8, 4) is 0 Å². The lowest BCUT2D eigenvalue weighted by molar-refractivity contribution is -0.116. The molecule has 2 rings (SSSR count). The van der Waals surface area contributed by atoms with E-state index in [0.29, 0.717) is 6.54 Å². The minimum atomic E-state index is -0.0942. The van der Waals surface area contributed by atoms with Crippen LogP contribution in [0.2, 0.25) is 0 Å². The summed E-state index contributed by atoms with van der Waals surface area (Å²) in [4.78, 5) is 22.7. The van der Waals surface area contributed by atoms with Gasteiger partial charge in [0.25, 0.3) is 0 Å². The second-order valence-corrected chi connectivity index (χ2v) is 4.05. The lowest BCUT2D eigenvalue weighted by Gasteiger charge is -2.00. The first kappa shape index (κ1) is 13.0. The smallest absolute Gasteiger partial charge is 0.244 e. The fourth-order valence-electron chi connectivity index (χ4n) is 1.61. The number of aryl methyl sites for hydroxylation is 1. The fraction of sp³-hybridized carbons (Fsp3) is 0.214. The van der Waals surface area contributed by atoms with E-state index in [1.54, 1.807) is 30.9 Å². The zero-order valence-corrected chi connectivity index (χ0v) is 10.5. The number of hydrogen-bond donors (Lipinski definition) is 2. The van der Waals surface area contributed by atoms with Gasteiger partial charge in [-0.05, 0) is 24.1 Å². The molecule has 0 fully saturated rings. The van der Waals surface area contributed by atoms with Gasteiger partial charge in [-0.1, -0.05) is 6.07 Å². The predicted octanol–water partition coefficient (Wildman–Crippen LogP) is 1.57. The van der Waals surface area contributed by atoms with Crippen LogP contribution in [0.25, 0.3) is 6.08 Å². The predicted molar refractivity (Wildman–Crippen MR) is 73.2 cm³/mol. The number of aromatic nitrogens is 3. The number of hydrogen-bond acceptors (Lipinski definition) is 3. The number of nitrogens with one attached hydrogen (secondary N) is 2. The summed E-state index contributed by atoms with van der Waals surface area (Å²) in [7, 11) is 0. The number of imidazole rings is 1. The summed E-state index contributed by atoms with van der Waals surface area (Å²) in [6.45, 7) is 0.636. The van der Waals surface area contributed by atoms with Gasteiger partial charge in [0, 0.05) is 43.8 Å². The number of carbonyl (C=O) groups excluding carboxylic acids is 1. The number of aromatic amines is 1. The molecule has 0 saturated heterocycles. The third kappa shape index (κ3) is 4.75. The van der Waals surface area contributed by atoms with Crippen LogP contribution in [0, 0.1) is 0 Å². The molecule has 0 bridgehead atoms. The van der Waals surface area contributed by atoms with Crippen molar-refractivity contribution in [1.82, 2.24) is 20.3 Å². The van der Waals surface area contributed by atoms with Crippen molar-refractivity contribution in [1.29, 1.82) is 0 Å². The molecule has 5 nitrogen and oxygen atoms in total. The Balaban J connectivity index is 1.66. The van der Waals surface area contributed by atoms with Gasteiger partial charge in [-0.2, -0.15) is 0 Å². The normalized spacial score (nSPS) is 10.7. The number of amides is 1. The summed E-state index contributed by atoms with van der Waals surface area (Å²) in [5.41, 5.74) is 0.910. The maximum Gasteiger partial charge on any atom is 0.244 e. The van der Waals surface area contributed by atoms with E-state index in [1.165, 1.54) is 6.08 Å². The average molecular weight is 256 g/mol. The van der Waals surface area contributed by atoms with Crippen molar-refractivity contribution in [2.45, 2.75) is 12.8 Å². The van der Waals surface area contributed by atoms with Gasteiger partial charge in [0.2, 0.25) is 5.91 Å². The molecule has 0 unspecified atom stereocenters. The summed E-state index contributed by atoms with van der Waals surface area (Å²) in [5.74, 6) is 0.850. The average Bonchev–Trinajstić information content (AvgIpc) is 2.96. The van der Waals surface area contributed by atoms with Crippen LogP contribution in [0.1, 0.15) is 17.8 Å². The van der Waals surface area contributed by atoms with Gasteiger partial charge in [0.05, 0.1) is 0 Å². The number of carbonyl (C=O) groups is 1. The number of nitrogens with zero attached hydrogens (tertiary/aromatic N) is 2. The highest BCUT2D eigenvalue weighted by atomic mass is 16.1. The molecule has 0 aliphatic rings. The quantitative estimate of drug-likeness (QED) is 0.608. The standard InChI is InChI=1S/C14H16N4O/c19-14(6-5-12-3-1-7-15-11-12)18-8-2-4-13-16-9-10-17-13/h1,3,5-7,9-11H,2,4,8H2,(H,16,17)(H,18,19)/b6-5+. The molecule has 5 heteroatoms. The molecule has 1 amide bonds. The highest BCUT2D eigenvalue weighted by molar-refractivity contribution is 5.91. The second kappa shape index (κ2) is 7.10. The number of H-pyrrole nitrogens is 1. The Morgan fingerprint density at radius 2 is 2.37 bits per heavy atom. The lowest BCUT2D eigenvalue weighted by atomic mass is 10.2. The molecule has 0 aliphatic heterocycles. The van der Waals surface area contributed by atoms with Crippen molar-refractivity contribution in [3.63, 3.8) is 0 Å². The van der Waals surface area contributed by atoms with E-state index >= 15 is 0 Å². The van der Waals surface area contributed by atoms with E-state index in [9.17, 15) is 4.79 Å². The van der Waals surface area contributed by atoms with Crippen molar-refractivity contribution >= 4 is 12.0 Å². The Morgan fingerprint density at radius 1 is 1.42 bits per heavy atom. The minimum Gasteiger partial charge on any atom is -0.353 e. The van der Waals surface area contributed by atoms with Crippen LogP contribution < -0.4 is 5.32 Å². The lowest BCUT2D eigenvalue weighted by Crippen LogP contribution is -2.22. The molecule has 2 aromatic rings. The van der Waals surface area contributed by atoms with Crippen LogP contribution in [0.3, 0.4) is 0 Å². The zero-order chi connectivity index (χ0) is 13.3. The Morgan fingerprint density at radius 3 is 3.11 bits per heavy atom. The molecule has 0 atom stereocenters. The van der Waals surface area contributed by atoms with Crippen LogP contribution >= 0.6 is 0 Å². The topological polar surface area (TPSA) is 70.7 Å². The molecule has 0 aliphatic carbocycles. The van der Waals surface area contributed by atoms with E-state index in [-0.39, 0.29) is 5.91 Å². The van der Waals surface area contributed by atoms with Gasteiger partial charge in [0.15, 0.2) is 0 Å². The fourth-order valence-corrected chi connectivity index (χ4v) is 1.61. The monoisotopic (exact) mass is 256 g/mol. The Kier molecular flexibility index (Phi) is 4.87. The molecule has 0 aromatic carbocycles. The summed E-state index contributed by atoms with van der Waals surface area (Å²) in [6, 6.07) is 3.73. The Labute approximate surface area is 111 Å². The second-order valence-electron chi connectivity index (χ2n) is 4.05. The van der Waals surface area contributed by atoms with E-state index in [1.807, 2.05) is 12.1 Å². The Bertz CT molecular complexity index is 520. The van der Waals surface area contributed by atoms with Gasteiger partial charge in [0.1, 0.15) is 5.82 Å². The van der Waals surface area contributed by atoms with Gasteiger partial charge < -0.3 is 10.3 Å². The molecule has 2 heterocycles. The third-order valence-corrected chi connectivity index (χ3v) is 2.56. The maximum atomic E-state index is 11.5. The van der Waals surface area contributed by atoms with E-state index in [4.69, 9.17) is 0 Å². The molecule has 19 heavy (non-hydrogen) atoms. The first-order chi connectivity index (χ1) is 9.34. The van der Waals surface area contributed by atoms with Gasteiger partial charge in [-0.25, -0.2) is 4.98 Å². The van der Waals surface area contributed by atoms with E-state index in [2.05, 4.69) is 20.3 Å². The first-order valence-corrected chi connectivity index (χ1v) is 6.19. The number of rotatable bonds is 6. The van der Waals surface area contributed by atoms with Crippen molar-refractivity contribution in [2.24, 2.45) is 0 Å². The van der Waals surface area contributed by atoms with Gasteiger partial charge >= 0.3 is 0 Å². The third-order valence-electron chi connectivity index (χ3n) is 2.56.